The number of aryl methyl sites for hydroxylation is 1. The number of hydrogen-bond acceptors (Lipinski definition) is 5. The molecule has 0 radical (unpaired) electrons. The summed E-state index contributed by atoms with van der Waals surface area (Å²) in [6.07, 6.45) is -0.929. The highest BCUT2D eigenvalue weighted by Crippen LogP contribution is 2.21. The maximum Gasteiger partial charge on any atom is 0.423 e. The molecule has 27 heavy (non-hydrogen) atoms. The molecule has 0 aliphatic heterocycles. The van der Waals surface area contributed by atoms with Crippen LogP contribution in [0.3, 0.4) is 0 Å². The monoisotopic (exact) mass is 388 g/mol. The number of carbonyl (C=O) groups is 1. The van der Waals surface area contributed by atoms with Gasteiger partial charge in [-0.3, -0.25) is 0 Å². The summed E-state index contributed by atoms with van der Waals surface area (Å²) in [4.78, 5) is 25.5. The quantitative estimate of drug-likeness (QED) is 0.673. The molecule has 7 nitrogen and oxygen atoms in total. The van der Waals surface area contributed by atoms with Crippen LogP contribution in [-0.2, 0) is 14.8 Å². The average molecular weight is 388 g/mol. The highest BCUT2D eigenvalue weighted by Gasteiger charge is 2.29. The van der Waals surface area contributed by atoms with E-state index in [9.17, 15) is 18.0 Å². The molecule has 3 aromatic rings. The van der Waals surface area contributed by atoms with E-state index in [-0.39, 0.29) is 15.9 Å². The van der Waals surface area contributed by atoms with Gasteiger partial charge in [-0.1, -0.05) is 29.8 Å². The fraction of sp³-hybridized carbons (Fsp3) is 0.263. The second-order valence-electron chi connectivity index (χ2n) is 7.17. The lowest BCUT2D eigenvalue weighted by atomic mass is 10.2. The van der Waals surface area contributed by atoms with Gasteiger partial charge in [0.2, 0.25) is 0 Å². The number of carbonyl (C=O) groups excluding carboxylic acids is 1. The highest BCUT2D eigenvalue weighted by molar-refractivity contribution is 7.90. The van der Waals surface area contributed by atoms with E-state index < -0.39 is 27.4 Å². The minimum atomic E-state index is -4.19. The molecule has 2 aromatic carbocycles. The van der Waals surface area contributed by atoms with Gasteiger partial charge < -0.3 is 4.74 Å². The van der Waals surface area contributed by atoms with Crippen molar-refractivity contribution in [3.8, 4) is 0 Å². The predicted octanol–water partition coefficient (Wildman–Crippen LogP) is 3.13. The second-order valence-corrected chi connectivity index (χ2v) is 8.96. The summed E-state index contributed by atoms with van der Waals surface area (Å²) in [6.45, 7) is 6.82. The lowest BCUT2D eigenvalue weighted by molar-refractivity contribution is 0.0538. The Kier molecular flexibility index (Phi) is 4.47. The summed E-state index contributed by atoms with van der Waals surface area (Å²) in [6, 6.07) is 12.3. The molecule has 0 saturated heterocycles. The molecule has 3 rings (SSSR count). The Morgan fingerprint density at radius 3 is 2.07 bits per heavy atom. The van der Waals surface area contributed by atoms with Gasteiger partial charge >= 0.3 is 11.8 Å². The van der Waals surface area contributed by atoms with Gasteiger partial charge in [0.25, 0.3) is 10.0 Å². The van der Waals surface area contributed by atoms with E-state index in [2.05, 4.69) is 0 Å². The molecule has 0 atom stereocenters. The molecule has 0 aliphatic rings. The Balaban J connectivity index is 2.29. The van der Waals surface area contributed by atoms with Gasteiger partial charge in [-0.05, 0) is 52.0 Å². The van der Waals surface area contributed by atoms with Crippen molar-refractivity contribution in [3.63, 3.8) is 0 Å². The van der Waals surface area contributed by atoms with Crippen LogP contribution in [0.5, 0.6) is 0 Å². The zero-order valence-corrected chi connectivity index (χ0v) is 16.3. The van der Waals surface area contributed by atoms with Crippen LogP contribution in [0.4, 0.5) is 4.79 Å². The first-order valence-electron chi connectivity index (χ1n) is 8.30. The maximum absolute atomic E-state index is 13.1. The summed E-state index contributed by atoms with van der Waals surface area (Å²) >= 11 is 0. The zero-order chi connectivity index (χ0) is 20.0. The van der Waals surface area contributed by atoms with E-state index in [1.54, 1.807) is 45.0 Å². The van der Waals surface area contributed by atoms with Gasteiger partial charge in [0, 0.05) is 0 Å². The van der Waals surface area contributed by atoms with Crippen LogP contribution in [0, 0.1) is 6.92 Å². The number of nitrogens with zero attached hydrogens (tertiary/aromatic N) is 2. The Morgan fingerprint density at radius 2 is 1.52 bits per heavy atom. The van der Waals surface area contributed by atoms with E-state index in [0.717, 1.165) is 10.1 Å². The topological polar surface area (TPSA) is 87.4 Å². The summed E-state index contributed by atoms with van der Waals surface area (Å²) in [5.74, 6) is 0. The first-order chi connectivity index (χ1) is 12.5. The first-order valence-corrected chi connectivity index (χ1v) is 9.74. The van der Waals surface area contributed by atoms with E-state index in [1.165, 1.54) is 24.3 Å². The van der Waals surface area contributed by atoms with Gasteiger partial charge in [0.15, 0.2) is 0 Å². The third kappa shape index (κ3) is 3.40. The van der Waals surface area contributed by atoms with Crippen LogP contribution >= 0.6 is 0 Å². The summed E-state index contributed by atoms with van der Waals surface area (Å²) in [5, 5.41) is 0. The molecule has 1 aromatic heterocycles. The predicted molar refractivity (Wildman–Crippen MR) is 102 cm³/mol. The Morgan fingerprint density at radius 1 is 0.963 bits per heavy atom. The van der Waals surface area contributed by atoms with Gasteiger partial charge in [0.05, 0.1) is 15.9 Å². The summed E-state index contributed by atoms with van der Waals surface area (Å²) < 4.78 is 32.9. The summed E-state index contributed by atoms with van der Waals surface area (Å²) in [7, 11) is -4.19. The third-order valence-electron chi connectivity index (χ3n) is 3.84. The Labute approximate surface area is 156 Å². The molecular formula is C19H20N2O5S. The molecule has 0 spiro atoms. The first kappa shape index (κ1) is 18.9. The number of rotatable bonds is 2. The third-order valence-corrected chi connectivity index (χ3v) is 5.54. The molecule has 0 fully saturated rings. The van der Waals surface area contributed by atoms with Crippen molar-refractivity contribution in [3.05, 3.63) is 64.6 Å². The van der Waals surface area contributed by atoms with E-state index >= 15 is 0 Å². The number of benzene rings is 2. The van der Waals surface area contributed by atoms with Crippen molar-refractivity contribution in [2.45, 2.75) is 38.2 Å². The number of para-hydroxylation sites is 2. The van der Waals surface area contributed by atoms with Crippen molar-refractivity contribution in [1.29, 1.82) is 0 Å². The van der Waals surface area contributed by atoms with E-state index in [4.69, 9.17) is 4.74 Å². The van der Waals surface area contributed by atoms with Gasteiger partial charge in [-0.15, -0.1) is 0 Å². The molecule has 8 heteroatoms. The number of ether oxygens (including phenoxy) is 1. The van der Waals surface area contributed by atoms with Crippen LogP contribution in [0.15, 0.2) is 58.2 Å². The molecule has 0 saturated carbocycles. The minimum Gasteiger partial charge on any atom is -0.443 e. The van der Waals surface area contributed by atoms with Crippen LogP contribution in [0.1, 0.15) is 26.3 Å². The molecule has 0 unspecified atom stereocenters. The molecule has 0 amide bonds. The smallest absolute Gasteiger partial charge is 0.423 e. The van der Waals surface area contributed by atoms with E-state index in [1.807, 2.05) is 6.92 Å². The highest BCUT2D eigenvalue weighted by atomic mass is 32.2. The van der Waals surface area contributed by atoms with Crippen LogP contribution in [0.25, 0.3) is 11.0 Å². The van der Waals surface area contributed by atoms with Gasteiger partial charge in [0.1, 0.15) is 5.60 Å². The lowest BCUT2D eigenvalue weighted by Crippen LogP contribution is -2.36. The number of fused-ring (bicyclic) bond motifs is 1. The van der Waals surface area contributed by atoms with Crippen molar-refractivity contribution < 1.29 is 17.9 Å². The Bertz CT molecular complexity index is 1180. The Hall–Kier alpha value is -2.87. The van der Waals surface area contributed by atoms with Crippen molar-refractivity contribution in [2.24, 2.45) is 0 Å². The largest absolute Gasteiger partial charge is 0.443 e. The molecule has 1 heterocycles. The van der Waals surface area contributed by atoms with Crippen molar-refractivity contribution >= 4 is 27.1 Å². The van der Waals surface area contributed by atoms with Gasteiger partial charge in [-0.2, -0.15) is 8.54 Å². The zero-order valence-electron chi connectivity index (χ0n) is 15.5. The normalized spacial score (nSPS) is 12.3. The fourth-order valence-electron chi connectivity index (χ4n) is 2.65. The van der Waals surface area contributed by atoms with Crippen LogP contribution in [-0.4, -0.2) is 28.7 Å². The van der Waals surface area contributed by atoms with Crippen LogP contribution < -0.4 is 5.69 Å². The molecule has 0 bridgehead atoms. The van der Waals surface area contributed by atoms with E-state index in [0.29, 0.717) is 3.97 Å². The standard InChI is InChI=1S/C19H20N2O5S/c1-13-9-11-14(12-10-13)27(24,25)21-16-8-6-5-7-15(16)20(17(21)22)18(23)26-19(2,3)4/h5-12H,1-4H3. The minimum absolute atomic E-state index is 0.0395. The maximum atomic E-state index is 13.1. The van der Waals surface area contributed by atoms with Crippen molar-refractivity contribution in [1.82, 2.24) is 8.54 Å². The number of imidazole rings is 1. The molecule has 0 N–H and O–H groups in total. The fourth-order valence-corrected chi connectivity index (χ4v) is 4.05. The van der Waals surface area contributed by atoms with Gasteiger partial charge in [-0.25, -0.2) is 18.0 Å². The van der Waals surface area contributed by atoms with Crippen molar-refractivity contribution in [2.75, 3.05) is 0 Å². The lowest BCUT2D eigenvalue weighted by Gasteiger charge is -2.19. The molecule has 142 valence electrons. The number of aromatic nitrogens is 2. The summed E-state index contributed by atoms with van der Waals surface area (Å²) in [5.41, 5.74) is -0.680. The molecule has 0 aliphatic carbocycles. The van der Waals surface area contributed by atoms with Crippen LogP contribution in [0.2, 0.25) is 0 Å². The number of hydrogen-bond donors (Lipinski definition) is 0. The molecular weight excluding hydrogens is 368 g/mol. The second kappa shape index (κ2) is 6.38. The average Bonchev–Trinajstić information content (AvgIpc) is 2.86. The SMILES string of the molecule is Cc1ccc(S(=O)(=O)n2c(=O)n(C(=O)OC(C)(C)C)c3ccccc32)cc1.